The van der Waals surface area contributed by atoms with Crippen LogP contribution in [-0.4, -0.2) is 64.7 Å². The second-order valence-corrected chi connectivity index (χ2v) is 13.9. The van der Waals surface area contributed by atoms with E-state index in [1.807, 2.05) is 12.2 Å². The zero-order valence-corrected chi connectivity index (χ0v) is 30.5. The first-order chi connectivity index (χ1) is 24.9. The Hall–Kier alpha value is -4.17. The van der Waals surface area contributed by atoms with E-state index in [1.165, 1.54) is 0 Å². The lowest BCUT2D eigenvalue weighted by molar-refractivity contribution is -0.144. The fourth-order valence-electron chi connectivity index (χ4n) is 4.76. The van der Waals surface area contributed by atoms with E-state index in [-0.39, 0.29) is 37.3 Å². The number of azide groups is 1. The van der Waals surface area contributed by atoms with Crippen LogP contribution in [0.25, 0.3) is 10.4 Å². The Morgan fingerprint density at radius 3 is 2.17 bits per heavy atom. The molecule has 0 aromatic carbocycles. The van der Waals surface area contributed by atoms with Crippen molar-refractivity contribution < 1.29 is 37.0 Å². The number of anilines is 1. The zero-order chi connectivity index (χ0) is 38.3. The minimum atomic E-state index is -4.18. The van der Waals surface area contributed by atoms with Gasteiger partial charge in [0.05, 0.1) is 12.8 Å². The molecule has 1 aliphatic heterocycles. The summed E-state index contributed by atoms with van der Waals surface area (Å²) < 4.78 is 59.3. The number of amides is 1. The van der Waals surface area contributed by atoms with Gasteiger partial charge in [-0.2, -0.15) is 13.8 Å². The van der Waals surface area contributed by atoms with E-state index in [9.17, 15) is 19.3 Å². The molecule has 0 aliphatic carbocycles. The third-order valence-corrected chi connectivity index (χ3v) is 9.51. The number of nitrogens with two attached hydrogens (primary N) is 1. The third kappa shape index (κ3) is 14.8. The zero-order valence-electron chi connectivity index (χ0n) is 29.6. The Labute approximate surface area is 303 Å². The van der Waals surface area contributed by atoms with Crippen molar-refractivity contribution in [1.29, 1.82) is 0 Å². The molecule has 4 atom stereocenters. The van der Waals surface area contributed by atoms with Crippen molar-refractivity contribution in [1.82, 2.24) is 14.9 Å². The Morgan fingerprint density at radius 2 is 1.65 bits per heavy atom. The molecule has 1 aromatic rings. The molecule has 2 rings (SSSR count). The number of aromatic nitrogens is 2. The largest absolute Gasteiger partial charge is 0.383 e. The molecule has 17 heteroatoms. The van der Waals surface area contributed by atoms with Crippen LogP contribution in [0.15, 0.2) is 95.1 Å². The van der Waals surface area contributed by atoms with Gasteiger partial charge in [0.2, 0.25) is 17.9 Å². The predicted octanol–water partition coefficient (Wildman–Crippen LogP) is 7.20. The Morgan fingerprint density at radius 1 is 1.10 bits per heavy atom. The summed E-state index contributed by atoms with van der Waals surface area (Å²) in [6, 6.07) is 1.06. The van der Waals surface area contributed by atoms with Crippen molar-refractivity contribution in [3.8, 4) is 0 Å². The molecule has 0 spiro atoms. The number of hydrogen-bond donors (Lipinski definition) is 3. The van der Waals surface area contributed by atoms with Gasteiger partial charge in [0.15, 0.2) is 6.10 Å². The lowest BCUT2D eigenvalue weighted by Gasteiger charge is -2.28. The number of carbonyl (C=O) groups excluding carboxylic acids is 1. The number of nitrogen functional groups attached to an aromatic ring is 1. The highest BCUT2D eigenvalue weighted by atomic mass is 31.2. The average molecular weight is 750 g/mol. The lowest BCUT2D eigenvalue weighted by atomic mass is 10.1. The van der Waals surface area contributed by atoms with E-state index in [0.29, 0.717) is 11.0 Å². The smallest absolute Gasteiger partial charge is 0.351 e. The van der Waals surface area contributed by atoms with Crippen molar-refractivity contribution in [3.05, 3.63) is 106 Å². The van der Waals surface area contributed by atoms with Crippen LogP contribution in [0.3, 0.4) is 0 Å². The molecule has 0 saturated carbocycles. The first-order valence-electron chi connectivity index (χ1n) is 17.0. The van der Waals surface area contributed by atoms with Gasteiger partial charge in [0.25, 0.3) is 0 Å². The van der Waals surface area contributed by atoms with Crippen LogP contribution >= 0.6 is 7.60 Å². The van der Waals surface area contributed by atoms with Gasteiger partial charge in [-0.3, -0.25) is 13.9 Å². The minimum Gasteiger partial charge on any atom is -0.383 e. The van der Waals surface area contributed by atoms with E-state index in [4.69, 9.17) is 25.0 Å². The SMILES string of the molecule is CC/C=C\C/C=C\C/C=C\C/C=C\C/C=C\C/C=C\CCC(=O)NCCCP(=O)(OC)OC[C@@]1(N=[N+]=[N-])O[C@@H](n2ccc(N)nc2=O)C(F)(F)[C@@H]1O. The van der Waals surface area contributed by atoms with E-state index in [0.717, 1.165) is 57.9 Å². The third-order valence-electron chi connectivity index (χ3n) is 7.57. The Bertz CT molecular complexity index is 1610. The maximum atomic E-state index is 15.1. The maximum Gasteiger partial charge on any atom is 0.351 e. The van der Waals surface area contributed by atoms with Gasteiger partial charge in [0.1, 0.15) is 5.82 Å². The number of alkyl halides is 2. The molecule has 4 N–H and O–H groups in total. The normalized spacial score (nSPS) is 21.6. The van der Waals surface area contributed by atoms with Crippen molar-refractivity contribution in [2.24, 2.45) is 5.11 Å². The van der Waals surface area contributed by atoms with Crippen molar-refractivity contribution in [2.45, 2.75) is 88.7 Å². The maximum absolute atomic E-state index is 15.1. The number of aliphatic hydroxyl groups excluding tert-OH is 1. The number of hydrogen-bond acceptors (Lipinski definition) is 10. The summed E-state index contributed by atoms with van der Waals surface area (Å²) >= 11 is 0. The first kappa shape index (κ1) is 44.0. The highest BCUT2D eigenvalue weighted by Crippen LogP contribution is 2.53. The van der Waals surface area contributed by atoms with Crippen LogP contribution in [-0.2, 0) is 23.1 Å². The van der Waals surface area contributed by atoms with Gasteiger partial charge >= 0.3 is 19.2 Å². The average Bonchev–Trinajstić information content (AvgIpc) is 3.31. The number of aliphatic hydroxyl groups is 1. The number of nitrogens with one attached hydrogen (secondary N) is 1. The molecular weight excluding hydrogens is 699 g/mol. The fraction of sp³-hybridized carbons (Fsp3) is 0.514. The highest BCUT2D eigenvalue weighted by molar-refractivity contribution is 7.53. The van der Waals surface area contributed by atoms with Crippen LogP contribution < -0.4 is 16.7 Å². The number of carbonyl (C=O) groups is 1. The van der Waals surface area contributed by atoms with Gasteiger partial charge in [-0.15, -0.1) is 0 Å². The van der Waals surface area contributed by atoms with E-state index >= 15 is 8.78 Å². The summed E-state index contributed by atoms with van der Waals surface area (Å²) in [7, 11) is -2.95. The summed E-state index contributed by atoms with van der Waals surface area (Å²) in [4.78, 5) is 30.2. The molecule has 2 heterocycles. The van der Waals surface area contributed by atoms with Crippen LogP contribution in [0.2, 0.25) is 0 Å². The van der Waals surface area contributed by atoms with Crippen LogP contribution in [0.4, 0.5) is 14.6 Å². The highest BCUT2D eigenvalue weighted by Gasteiger charge is 2.67. The summed E-state index contributed by atoms with van der Waals surface area (Å²) in [5, 5.41) is 16.4. The van der Waals surface area contributed by atoms with Crippen molar-refractivity contribution in [3.63, 3.8) is 0 Å². The lowest BCUT2D eigenvalue weighted by Crippen LogP contribution is -2.48. The number of ether oxygens (including phenoxy) is 1. The molecule has 1 amide bonds. The van der Waals surface area contributed by atoms with Crippen molar-refractivity contribution in [2.75, 3.05) is 32.2 Å². The van der Waals surface area contributed by atoms with Gasteiger partial charge in [-0.1, -0.05) is 85.0 Å². The topological polar surface area (TPSA) is 204 Å². The summed E-state index contributed by atoms with van der Waals surface area (Å²) in [5.41, 5.74) is 10.5. The van der Waals surface area contributed by atoms with Gasteiger partial charge in [0, 0.05) is 31.2 Å². The first-order valence-corrected chi connectivity index (χ1v) is 18.8. The van der Waals surface area contributed by atoms with Crippen LogP contribution in [0, 0.1) is 0 Å². The number of nitrogens with zero attached hydrogens (tertiary/aromatic N) is 5. The molecule has 0 radical (unpaired) electrons. The number of rotatable bonds is 24. The molecule has 1 unspecified atom stereocenters. The van der Waals surface area contributed by atoms with Crippen LogP contribution in [0.1, 0.15) is 70.9 Å². The van der Waals surface area contributed by atoms with Crippen LogP contribution in [0.5, 0.6) is 0 Å². The van der Waals surface area contributed by atoms with E-state index in [1.54, 1.807) is 0 Å². The summed E-state index contributed by atoms with van der Waals surface area (Å²) in [6.45, 7) is 1.14. The minimum absolute atomic E-state index is 0.118. The number of halogens is 2. The number of allylic oxidation sites excluding steroid dienone is 12. The molecule has 1 fully saturated rings. The molecular formula is C35H50F2N7O7P. The van der Waals surface area contributed by atoms with Gasteiger partial charge in [-0.25, -0.2) is 4.79 Å². The molecule has 286 valence electrons. The monoisotopic (exact) mass is 749 g/mol. The molecule has 1 aliphatic rings. The van der Waals surface area contributed by atoms with E-state index < -0.39 is 43.9 Å². The molecule has 52 heavy (non-hydrogen) atoms. The molecule has 1 saturated heterocycles. The summed E-state index contributed by atoms with van der Waals surface area (Å²) in [5.74, 6) is -4.64. The Balaban J connectivity index is 1.69. The molecule has 0 bridgehead atoms. The molecule has 1 aromatic heterocycles. The standard InChI is InChI=1S/C35H50F2N7O7P/c1-3-4-5-6-7-8-9-10-11-12-13-14-15-16-17-18-19-20-21-23-30(45)40-25-22-27-52(48,49-2)50-28-34(42-43-39)31(46)35(36,37)32(51-34)44-26-24-29(38)41-33(44)47/h4-5,7-8,10-11,13-14,16-17,19-20,24,26,31-32,46H,3,6,9,12,15,18,21-23,25,27-28H2,1-2H3,(H,40,45)(H2,38,41,47)/b5-4-,8-7-,11-10-,14-13-,17-16-,20-19-/t31-,32-,34-,52?/m1/s1. The second-order valence-electron chi connectivity index (χ2n) is 11.6. The van der Waals surface area contributed by atoms with Gasteiger partial charge in [-0.05, 0) is 63.0 Å². The fourth-order valence-corrected chi connectivity index (χ4v) is 6.10. The quantitative estimate of drug-likeness (QED) is 0.0244. The van der Waals surface area contributed by atoms with Gasteiger partial charge < -0.3 is 29.9 Å². The summed E-state index contributed by atoms with van der Waals surface area (Å²) in [6.07, 6.45) is 27.0. The second kappa shape index (κ2) is 23.4. The van der Waals surface area contributed by atoms with E-state index in [2.05, 4.69) is 88.0 Å². The van der Waals surface area contributed by atoms with Crippen molar-refractivity contribution >= 4 is 19.3 Å². The Kier molecular flexibility index (Phi) is 19.8. The molecule has 14 nitrogen and oxygen atoms in total. The predicted molar refractivity (Wildman–Crippen MR) is 196 cm³/mol.